The van der Waals surface area contributed by atoms with Gasteiger partial charge >= 0.3 is 0 Å². The molecule has 152 valence electrons. The summed E-state index contributed by atoms with van der Waals surface area (Å²) in [6.07, 6.45) is -0.501. The van der Waals surface area contributed by atoms with E-state index in [1.165, 1.54) is 41.1 Å². The number of benzene rings is 1. The number of hydrogen-bond acceptors (Lipinski definition) is 7. The quantitative estimate of drug-likeness (QED) is 0.461. The molecule has 8 nitrogen and oxygen atoms in total. The van der Waals surface area contributed by atoms with Gasteiger partial charge in [-0.1, -0.05) is 11.6 Å². The molecule has 2 atom stereocenters. The van der Waals surface area contributed by atoms with Crippen molar-refractivity contribution in [2.45, 2.75) is 36.5 Å². The Bertz CT molecular complexity index is 931. The fraction of sp³-hybridized carbons (Fsp3) is 0.353. The fourth-order valence-electron chi connectivity index (χ4n) is 2.95. The minimum Gasteiger partial charge on any atom is -0.488 e. The first-order valence-electron chi connectivity index (χ1n) is 8.42. The van der Waals surface area contributed by atoms with Crippen LogP contribution in [-0.2, 0) is 21.4 Å². The molecule has 2 heterocycles. The van der Waals surface area contributed by atoms with Crippen LogP contribution in [0.15, 0.2) is 41.3 Å². The van der Waals surface area contributed by atoms with Gasteiger partial charge in [-0.05, 0) is 49.2 Å². The lowest BCUT2D eigenvalue weighted by molar-refractivity contribution is -0.135. The van der Waals surface area contributed by atoms with Gasteiger partial charge in [0.25, 0.3) is 5.91 Å². The first-order valence-corrected chi connectivity index (χ1v) is 11.1. The predicted octanol–water partition coefficient (Wildman–Crippen LogP) is 2.00. The first-order chi connectivity index (χ1) is 13.3. The van der Waals surface area contributed by atoms with Crippen LogP contribution < -0.4 is 10.2 Å². The van der Waals surface area contributed by atoms with Crippen LogP contribution in [0.4, 0.5) is 0 Å². The van der Waals surface area contributed by atoms with Crippen molar-refractivity contribution in [2.75, 3.05) is 6.54 Å². The Labute approximate surface area is 171 Å². The highest BCUT2D eigenvalue weighted by molar-refractivity contribution is 7.89. The fourth-order valence-corrected chi connectivity index (χ4v) is 5.61. The molecule has 1 aromatic heterocycles. The van der Waals surface area contributed by atoms with Gasteiger partial charge < -0.3 is 9.84 Å². The zero-order chi connectivity index (χ0) is 20.3. The number of thiophene rings is 1. The average Bonchev–Trinajstić information content (AvgIpc) is 3.11. The van der Waals surface area contributed by atoms with Crippen LogP contribution in [0.1, 0.15) is 17.7 Å². The van der Waals surface area contributed by atoms with Crippen molar-refractivity contribution in [1.29, 1.82) is 0 Å². The summed E-state index contributed by atoms with van der Waals surface area (Å²) >= 11 is 7.27. The third kappa shape index (κ3) is 4.65. The molecule has 28 heavy (non-hydrogen) atoms. The Morgan fingerprint density at radius 3 is 2.57 bits per heavy atom. The summed E-state index contributed by atoms with van der Waals surface area (Å²) < 4.78 is 33.1. The van der Waals surface area contributed by atoms with Crippen LogP contribution >= 0.6 is 22.9 Å². The number of nitrogens with zero attached hydrogens (tertiary/aromatic N) is 1. The Morgan fingerprint density at radius 2 is 1.96 bits per heavy atom. The maximum absolute atomic E-state index is 13.0. The van der Waals surface area contributed by atoms with E-state index in [1.807, 2.05) is 6.07 Å². The highest BCUT2D eigenvalue weighted by atomic mass is 35.5. The molecule has 1 aliphatic rings. The van der Waals surface area contributed by atoms with Crippen molar-refractivity contribution in [3.05, 3.63) is 45.6 Å². The summed E-state index contributed by atoms with van der Waals surface area (Å²) in [4.78, 5) is 12.8. The lowest BCUT2D eigenvalue weighted by Crippen LogP contribution is -2.54. The van der Waals surface area contributed by atoms with Crippen LogP contribution in [-0.4, -0.2) is 47.6 Å². The summed E-state index contributed by atoms with van der Waals surface area (Å²) in [5, 5.41) is 18.7. The summed E-state index contributed by atoms with van der Waals surface area (Å²) in [6.45, 7) is 0.0817. The normalized spacial score (nSPS) is 20.7. The zero-order valence-electron chi connectivity index (χ0n) is 14.6. The molecule has 0 saturated carbocycles. The highest BCUT2D eigenvalue weighted by Gasteiger charge is 2.40. The number of carbonyl (C=O) groups is 1. The van der Waals surface area contributed by atoms with Crippen LogP contribution in [0.2, 0.25) is 4.34 Å². The number of nitrogens with one attached hydrogen (secondary N) is 1. The average molecular weight is 447 g/mol. The maximum atomic E-state index is 13.0. The number of amides is 1. The second-order valence-electron chi connectivity index (χ2n) is 6.26. The molecule has 0 spiro atoms. The number of aliphatic hydroxyl groups is 1. The number of hydrogen-bond donors (Lipinski definition) is 3. The van der Waals surface area contributed by atoms with Crippen molar-refractivity contribution in [1.82, 2.24) is 9.79 Å². The van der Waals surface area contributed by atoms with Crippen molar-refractivity contribution in [2.24, 2.45) is 0 Å². The molecule has 0 aliphatic carbocycles. The second kappa shape index (κ2) is 8.76. The molecule has 1 fully saturated rings. The number of hydroxylamine groups is 1. The minimum atomic E-state index is -4.05. The van der Waals surface area contributed by atoms with Crippen LogP contribution in [0.3, 0.4) is 0 Å². The molecular weight excluding hydrogens is 428 g/mol. The molecule has 1 amide bonds. The Morgan fingerprint density at radius 1 is 1.25 bits per heavy atom. The number of rotatable bonds is 6. The van der Waals surface area contributed by atoms with Crippen LogP contribution in [0.25, 0.3) is 0 Å². The number of carbonyl (C=O) groups excluding carboxylic acids is 1. The van der Waals surface area contributed by atoms with E-state index in [2.05, 4.69) is 0 Å². The third-order valence-electron chi connectivity index (χ3n) is 4.36. The van der Waals surface area contributed by atoms with E-state index in [1.54, 1.807) is 6.07 Å². The number of sulfonamides is 1. The molecule has 3 N–H and O–H groups in total. The van der Waals surface area contributed by atoms with Gasteiger partial charge in [-0.15, -0.1) is 11.3 Å². The zero-order valence-corrected chi connectivity index (χ0v) is 17.0. The van der Waals surface area contributed by atoms with Crippen molar-refractivity contribution in [3.63, 3.8) is 0 Å². The lowest BCUT2D eigenvalue weighted by Gasteiger charge is -2.35. The van der Waals surface area contributed by atoms with Gasteiger partial charge in [0, 0.05) is 11.4 Å². The largest absolute Gasteiger partial charge is 0.488 e. The molecule has 0 bridgehead atoms. The topological polar surface area (TPSA) is 116 Å². The molecule has 2 unspecified atom stereocenters. The molecule has 0 radical (unpaired) electrons. The number of ether oxygens (including phenoxy) is 1. The van der Waals surface area contributed by atoms with E-state index in [4.69, 9.17) is 21.5 Å². The van der Waals surface area contributed by atoms with E-state index >= 15 is 0 Å². The minimum absolute atomic E-state index is 0.0381. The van der Waals surface area contributed by atoms with Gasteiger partial charge in [0.1, 0.15) is 18.4 Å². The molecule has 3 rings (SSSR count). The van der Waals surface area contributed by atoms with Gasteiger partial charge in [0.05, 0.1) is 15.3 Å². The Kier molecular flexibility index (Phi) is 6.58. The number of piperidine rings is 1. The lowest BCUT2D eigenvalue weighted by atomic mass is 10.0. The van der Waals surface area contributed by atoms with Crippen molar-refractivity contribution >= 4 is 38.9 Å². The summed E-state index contributed by atoms with van der Waals surface area (Å²) in [7, 11) is -4.05. The van der Waals surface area contributed by atoms with E-state index in [0.717, 1.165) is 9.18 Å². The third-order valence-corrected chi connectivity index (χ3v) is 7.46. The van der Waals surface area contributed by atoms with Crippen LogP contribution in [0, 0.1) is 0 Å². The van der Waals surface area contributed by atoms with E-state index in [0.29, 0.717) is 16.7 Å². The summed E-state index contributed by atoms with van der Waals surface area (Å²) in [5.74, 6) is -0.350. The summed E-state index contributed by atoms with van der Waals surface area (Å²) in [5.41, 5.74) is 1.49. The molecular formula is C17H19ClN2O6S2. The van der Waals surface area contributed by atoms with E-state index in [9.17, 15) is 18.3 Å². The number of β-amino-alcohol motifs (C(OH)–C–C–N with tert-alkyl or cyclic N) is 1. The summed E-state index contributed by atoms with van der Waals surface area (Å²) in [6, 6.07) is 8.32. The smallest absolute Gasteiger partial charge is 0.261 e. The van der Waals surface area contributed by atoms with Gasteiger partial charge in [-0.2, -0.15) is 4.31 Å². The maximum Gasteiger partial charge on any atom is 0.261 e. The molecule has 2 aromatic rings. The van der Waals surface area contributed by atoms with E-state index < -0.39 is 28.1 Å². The monoisotopic (exact) mass is 446 g/mol. The standard InChI is InChI=1S/C17H19ClN2O6S2/c18-16-8-4-13(27-16)10-26-12-2-5-14(6-3-12)28(24,25)20-9-11(21)1-7-15(20)17(22)19-23/h2-6,8,11,15,21,23H,1,7,9-10H2,(H,19,22). The van der Waals surface area contributed by atoms with Gasteiger partial charge in [0.15, 0.2) is 0 Å². The van der Waals surface area contributed by atoms with Gasteiger partial charge in [0.2, 0.25) is 10.0 Å². The molecule has 1 aliphatic heterocycles. The molecule has 11 heteroatoms. The highest BCUT2D eigenvalue weighted by Crippen LogP contribution is 2.28. The van der Waals surface area contributed by atoms with Gasteiger partial charge in [-0.25, -0.2) is 13.9 Å². The van der Waals surface area contributed by atoms with Crippen molar-refractivity contribution < 1.29 is 28.3 Å². The van der Waals surface area contributed by atoms with Crippen molar-refractivity contribution in [3.8, 4) is 5.75 Å². The van der Waals surface area contributed by atoms with E-state index in [-0.39, 0.29) is 24.3 Å². The number of halogens is 1. The number of aliphatic hydroxyl groups excluding tert-OH is 1. The first kappa shape index (κ1) is 21.0. The molecule has 1 aromatic carbocycles. The Hall–Kier alpha value is -1.69. The second-order valence-corrected chi connectivity index (χ2v) is 9.95. The predicted molar refractivity (Wildman–Crippen MR) is 103 cm³/mol. The van der Waals surface area contributed by atoms with Crippen LogP contribution in [0.5, 0.6) is 5.75 Å². The Balaban J connectivity index is 1.75. The van der Waals surface area contributed by atoms with Gasteiger partial charge in [-0.3, -0.25) is 10.0 Å². The molecule has 1 saturated heterocycles. The SMILES string of the molecule is O=C(NO)C1CCC(O)CN1S(=O)(=O)c1ccc(OCc2ccc(Cl)s2)cc1.